The fraction of sp³-hybridized carbons (Fsp3) is 0.190. The highest BCUT2D eigenvalue weighted by atomic mass is 35.5. The van der Waals surface area contributed by atoms with Crippen LogP contribution in [0.25, 0.3) is 0 Å². The number of aryl methyl sites for hydroxylation is 1. The molecule has 2 aromatic rings. The lowest BCUT2D eigenvalue weighted by molar-refractivity contribution is -0.117. The normalized spacial score (nSPS) is 18.0. The van der Waals surface area contributed by atoms with E-state index in [1.54, 1.807) is 6.07 Å². The maximum atomic E-state index is 13.3. The molecular weight excluding hydrogens is 394 g/mol. The van der Waals surface area contributed by atoms with Gasteiger partial charge in [-0.2, -0.15) is 5.26 Å². The zero-order chi connectivity index (χ0) is 20.3. The van der Waals surface area contributed by atoms with Crippen LogP contribution in [0.5, 0.6) is 0 Å². The Labute approximate surface area is 173 Å². The van der Waals surface area contributed by atoms with Crippen molar-refractivity contribution in [2.24, 2.45) is 0 Å². The standard InChI is InChI=1S/C21H18ClN3O2S/c1-13-7-3-6-10-17(13)25-20(27)18(11-14-8-4-5-9-16(14)22)28-21(25)15(12-23)19(26)24-2/h3-10,18H,11H2,1-2H3,(H,24,26)/b21-15-/t18-/m1/s1. The molecule has 1 heterocycles. The zero-order valence-electron chi connectivity index (χ0n) is 15.4. The summed E-state index contributed by atoms with van der Waals surface area (Å²) in [6.45, 7) is 1.89. The number of amides is 2. The third-order valence-electron chi connectivity index (χ3n) is 4.45. The van der Waals surface area contributed by atoms with Gasteiger partial charge in [0.2, 0.25) is 5.91 Å². The van der Waals surface area contributed by atoms with Gasteiger partial charge < -0.3 is 5.32 Å². The van der Waals surface area contributed by atoms with E-state index >= 15 is 0 Å². The number of para-hydroxylation sites is 1. The molecule has 7 heteroatoms. The molecular formula is C21H18ClN3O2S. The van der Waals surface area contributed by atoms with E-state index < -0.39 is 11.2 Å². The number of thioether (sulfide) groups is 1. The van der Waals surface area contributed by atoms with Gasteiger partial charge in [-0.1, -0.05) is 59.8 Å². The summed E-state index contributed by atoms with van der Waals surface area (Å²) in [6.07, 6.45) is 0.404. The van der Waals surface area contributed by atoms with Crippen LogP contribution in [-0.4, -0.2) is 24.1 Å². The number of rotatable bonds is 4. The Bertz CT molecular complexity index is 1010. The second-order valence-electron chi connectivity index (χ2n) is 6.23. The molecule has 1 aliphatic heterocycles. The van der Waals surface area contributed by atoms with Gasteiger partial charge in [0.05, 0.1) is 10.9 Å². The number of carbonyl (C=O) groups is 2. The van der Waals surface area contributed by atoms with Gasteiger partial charge in [0.15, 0.2) is 0 Å². The number of hydrogen-bond donors (Lipinski definition) is 1. The molecule has 5 nitrogen and oxygen atoms in total. The minimum Gasteiger partial charge on any atom is -0.354 e. The van der Waals surface area contributed by atoms with Gasteiger partial charge in [-0.05, 0) is 36.6 Å². The monoisotopic (exact) mass is 411 g/mol. The van der Waals surface area contributed by atoms with Crippen LogP contribution in [0.15, 0.2) is 59.1 Å². The van der Waals surface area contributed by atoms with Crippen LogP contribution in [-0.2, 0) is 16.0 Å². The predicted octanol–water partition coefficient (Wildman–Crippen LogP) is 3.82. The lowest BCUT2D eigenvalue weighted by atomic mass is 10.1. The topological polar surface area (TPSA) is 73.2 Å². The molecule has 0 aliphatic carbocycles. The number of benzene rings is 2. The Kier molecular flexibility index (Phi) is 6.08. The highest BCUT2D eigenvalue weighted by molar-refractivity contribution is 8.05. The number of likely N-dealkylation sites (N-methyl/N-ethyl adjacent to an activating group) is 1. The van der Waals surface area contributed by atoms with Gasteiger partial charge in [0.1, 0.15) is 16.7 Å². The highest BCUT2D eigenvalue weighted by Crippen LogP contribution is 2.43. The lowest BCUT2D eigenvalue weighted by Gasteiger charge is -2.20. The van der Waals surface area contributed by atoms with Crippen LogP contribution in [0.3, 0.4) is 0 Å². The molecule has 142 valence electrons. The molecule has 2 amide bonds. The number of halogens is 1. The molecule has 0 bridgehead atoms. The summed E-state index contributed by atoms with van der Waals surface area (Å²) < 4.78 is 0. The number of hydrogen-bond acceptors (Lipinski definition) is 4. The fourth-order valence-corrected chi connectivity index (χ4v) is 4.51. The summed E-state index contributed by atoms with van der Waals surface area (Å²) in [5, 5.41) is 12.5. The maximum absolute atomic E-state index is 13.3. The van der Waals surface area contributed by atoms with E-state index in [-0.39, 0.29) is 11.5 Å². The highest BCUT2D eigenvalue weighted by Gasteiger charge is 2.41. The molecule has 0 radical (unpaired) electrons. The van der Waals surface area contributed by atoms with Gasteiger partial charge >= 0.3 is 0 Å². The van der Waals surface area contributed by atoms with Crippen LogP contribution in [0.4, 0.5) is 5.69 Å². The van der Waals surface area contributed by atoms with Crippen molar-refractivity contribution in [1.29, 1.82) is 5.26 Å². The van der Waals surface area contributed by atoms with Crippen molar-refractivity contribution in [3.63, 3.8) is 0 Å². The summed E-state index contributed by atoms with van der Waals surface area (Å²) in [6, 6.07) is 16.7. The van der Waals surface area contributed by atoms with Crippen molar-refractivity contribution in [3.8, 4) is 6.07 Å². The van der Waals surface area contributed by atoms with E-state index in [1.165, 1.54) is 23.7 Å². The van der Waals surface area contributed by atoms with Crippen LogP contribution < -0.4 is 10.2 Å². The summed E-state index contributed by atoms with van der Waals surface area (Å²) in [4.78, 5) is 27.0. The first-order valence-corrected chi connectivity index (χ1v) is 9.89. The van der Waals surface area contributed by atoms with Gasteiger partial charge in [0.25, 0.3) is 5.91 Å². The minimum absolute atomic E-state index is 0.0780. The quantitative estimate of drug-likeness (QED) is 0.613. The molecule has 0 saturated carbocycles. The van der Waals surface area contributed by atoms with E-state index in [4.69, 9.17) is 11.6 Å². The first kappa shape index (κ1) is 20.0. The van der Waals surface area contributed by atoms with Crippen molar-refractivity contribution in [2.75, 3.05) is 11.9 Å². The molecule has 1 fully saturated rings. The second-order valence-corrected chi connectivity index (χ2v) is 7.83. The SMILES string of the molecule is CNC(=O)/C(C#N)=C1\S[C@H](Cc2ccccc2Cl)C(=O)N1c1ccccc1C. The Morgan fingerprint density at radius 1 is 1.25 bits per heavy atom. The second kappa shape index (κ2) is 8.51. The van der Waals surface area contributed by atoms with E-state index in [2.05, 4.69) is 5.32 Å². The number of carbonyl (C=O) groups excluding carboxylic acids is 2. The predicted molar refractivity (Wildman–Crippen MR) is 112 cm³/mol. The van der Waals surface area contributed by atoms with Crippen LogP contribution in [0.1, 0.15) is 11.1 Å². The average molecular weight is 412 g/mol. The smallest absolute Gasteiger partial charge is 0.264 e. The van der Waals surface area contributed by atoms with Crippen molar-refractivity contribution < 1.29 is 9.59 Å². The number of nitrogens with zero attached hydrogens (tertiary/aromatic N) is 2. The Morgan fingerprint density at radius 2 is 1.93 bits per heavy atom. The van der Waals surface area contributed by atoms with Crippen molar-refractivity contribution in [2.45, 2.75) is 18.6 Å². The molecule has 0 unspecified atom stereocenters. The maximum Gasteiger partial charge on any atom is 0.264 e. The van der Waals surface area contributed by atoms with Crippen molar-refractivity contribution >= 4 is 40.9 Å². The summed E-state index contributed by atoms with van der Waals surface area (Å²) in [5.41, 5.74) is 2.31. The van der Waals surface area contributed by atoms with E-state index in [1.807, 2.05) is 55.5 Å². The molecule has 0 aromatic heterocycles. The molecule has 1 N–H and O–H groups in total. The zero-order valence-corrected chi connectivity index (χ0v) is 17.0. The van der Waals surface area contributed by atoms with Gasteiger partial charge in [-0.15, -0.1) is 0 Å². The minimum atomic E-state index is -0.519. The molecule has 1 aliphatic rings. The van der Waals surface area contributed by atoms with Crippen LogP contribution >= 0.6 is 23.4 Å². The summed E-state index contributed by atoms with van der Waals surface area (Å²) >= 11 is 7.49. The largest absolute Gasteiger partial charge is 0.354 e. The first-order chi connectivity index (χ1) is 13.5. The Balaban J connectivity index is 2.09. The van der Waals surface area contributed by atoms with Gasteiger partial charge in [-0.25, -0.2) is 0 Å². The Hall–Kier alpha value is -2.75. The third-order valence-corrected chi connectivity index (χ3v) is 6.08. The van der Waals surface area contributed by atoms with Gasteiger partial charge in [-0.3, -0.25) is 14.5 Å². The van der Waals surface area contributed by atoms with E-state index in [0.717, 1.165) is 11.1 Å². The third kappa shape index (κ3) is 3.77. The van der Waals surface area contributed by atoms with Crippen LogP contribution in [0, 0.1) is 18.3 Å². The van der Waals surface area contributed by atoms with Gasteiger partial charge in [0, 0.05) is 12.1 Å². The first-order valence-electron chi connectivity index (χ1n) is 8.64. The summed E-state index contributed by atoms with van der Waals surface area (Å²) in [5.74, 6) is -0.694. The lowest BCUT2D eigenvalue weighted by Crippen LogP contribution is -2.32. The fourth-order valence-electron chi connectivity index (χ4n) is 3.01. The molecule has 28 heavy (non-hydrogen) atoms. The van der Waals surface area contributed by atoms with Crippen molar-refractivity contribution in [1.82, 2.24) is 5.32 Å². The molecule has 1 atom stereocenters. The number of anilines is 1. The number of nitrogens with one attached hydrogen (secondary N) is 1. The molecule has 3 rings (SSSR count). The summed E-state index contributed by atoms with van der Waals surface area (Å²) in [7, 11) is 1.46. The Morgan fingerprint density at radius 3 is 2.57 bits per heavy atom. The van der Waals surface area contributed by atoms with E-state index in [0.29, 0.717) is 22.2 Å². The molecule has 2 aromatic carbocycles. The average Bonchev–Trinajstić information content (AvgIpc) is 3.00. The van der Waals surface area contributed by atoms with E-state index in [9.17, 15) is 14.9 Å². The number of nitriles is 1. The van der Waals surface area contributed by atoms with Crippen molar-refractivity contribution in [3.05, 3.63) is 75.3 Å². The van der Waals surface area contributed by atoms with Crippen LogP contribution in [0.2, 0.25) is 5.02 Å². The molecule has 0 spiro atoms. The molecule has 1 saturated heterocycles.